The van der Waals surface area contributed by atoms with Gasteiger partial charge in [0.1, 0.15) is 0 Å². The summed E-state index contributed by atoms with van der Waals surface area (Å²) in [5.74, 6) is 1.24. The zero-order valence-electron chi connectivity index (χ0n) is 19.5. The van der Waals surface area contributed by atoms with Gasteiger partial charge in [0.15, 0.2) is 11.7 Å². The molecule has 1 aromatic carbocycles. The van der Waals surface area contributed by atoms with E-state index in [1.165, 1.54) is 56.2 Å². The van der Waals surface area contributed by atoms with Gasteiger partial charge in [-0.25, -0.2) is 0 Å². The van der Waals surface area contributed by atoms with E-state index >= 15 is 0 Å². The van der Waals surface area contributed by atoms with Gasteiger partial charge < -0.3 is 19.5 Å². The monoisotopic (exact) mass is 565 g/mol. The standard InChI is InChI=1S/C25H35N5O2.HI/c1-26-25(30-15-13-29(14-16-30)24(31)23-10-7-17-32-23)27-19-21-8-6-9-22(18-21)20-28-11-4-2-3-5-12-28;/h6-10,17-18H,2-5,11-16,19-20H2,1H3,(H,26,27);1H. The summed E-state index contributed by atoms with van der Waals surface area (Å²) in [5.41, 5.74) is 2.65. The minimum Gasteiger partial charge on any atom is -0.459 e. The van der Waals surface area contributed by atoms with Crippen molar-refractivity contribution in [1.29, 1.82) is 0 Å². The quantitative estimate of drug-likeness (QED) is 0.340. The van der Waals surface area contributed by atoms with Crippen LogP contribution in [0.25, 0.3) is 0 Å². The summed E-state index contributed by atoms with van der Waals surface area (Å²) in [4.78, 5) is 23.6. The Balaban J connectivity index is 0.00000306. The summed E-state index contributed by atoms with van der Waals surface area (Å²) >= 11 is 0. The molecular formula is C25H36IN5O2. The molecule has 2 saturated heterocycles. The lowest BCUT2D eigenvalue weighted by molar-refractivity contribution is 0.0657. The van der Waals surface area contributed by atoms with Crippen LogP contribution in [-0.2, 0) is 13.1 Å². The zero-order chi connectivity index (χ0) is 22.2. The third-order valence-electron chi connectivity index (χ3n) is 6.36. The average molecular weight is 566 g/mol. The summed E-state index contributed by atoms with van der Waals surface area (Å²) in [6.45, 7) is 7.02. The van der Waals surface area contributed by atoms with Gasteiger partial charge in [0.05, 0.1) is 6.26 Å². The number of amides is 1. The lowest BCUT2D eigenvalue weighted by Gasteiger charge is -2.36. The Morgan fingerprint density at radius 1 is 0.939 bits per heavy atom. The van der Waals surface area contributed by atoms with Crippen LogP contribution in [0.4, 0.5) is 0 Å². The van der Waals surface area contributed by atoms with Crippen molar-refractivity contribution in [2.45, 2.75) is 38.8 Å². The molecule has 0 bridgehead atoms. The summed E-state index contributed by atoms with van der Waals surface area (Å²) in [6, 6.07) is 12.3. The largest absolute Gasteiger partial charge is 0.459 e. The fourth-order valence-corrected chi connectivity index (χ4v) is 4.58. The average Bonchev–Trinajstić information content (AvgIpc) is 3.25. The highest BCUT2D eigenvalue weighted by molar-refractivity contribution is 14.0. The molecule has 1 N–H and O–H groups in total. The smallest absolute Gasteiger partial charge is 0.289 e. The maximum absolute atomic E-state index is 12.5. The van der Waals surface area contributed by atoms with E-state index in [1.807, 2.05) is 11.9 Å². The molecule has 2 aliphatic heterocycles. The maximum Gasteiger partial charge on any atom is 0.289 e. The summed E-state index contributed by atoms with van der Waals surface area (Å²) in [6.07, 6.45) is 6.91. The molecule has 0 unspecified atom stereocenters. The molecule has 7 nitrogen and oxygen atoms in total. The molecule has 3 heterocycles. The summed E-state index contributed by atoms with van der Waals surface area (Å²) < 4.78 is 5.25. The van der Waals surface area contributed by atoms with E-state index in [4.69, 9.17) is 4.42 Å². The van der Waals surface area contributed by atoms with Crippen LogP contribution < -0.4 is 5.32 Å². The summed E-state index contributed by atoms with van der Waals surface area (Å²) in [5, 5.41) is 3.51. The first kappa shape index (κ1) is 25.6. The number of nitrogens with zero attached hydrogens (tertiary/aromatic N) is 4. The molecule has 4 rings (SSSR count). The Labute approximate surface area is 214 Å². The molecule has 0 radical (unpaired) electrons. The van der Waals surface area contributed by atoms with Crippen LogP contribution in [0.1, 0.15) is 47.4 Å². The van der Waals surface area contributed by atoms with Crippen LogP contribution in [-0.4, -0.2) is 72.9 Å². The Kier molecular flexibility index (Phi) is 10.1. The molecule has 2 aliphatic rings. The van der Waals surface area contributed by atoms with Gasteiger partial charge >= 0.3 is 0 Å². The lowest BCUT2D eigenvalue weighted by Crippen LogP contribution is -2.53. The molecule has 1 amide bonds. The van der Waals surface area contributed by atoms with Gasteiger partial charge in [-0.2, -0.15) is 0 Å². The molecule has 180 valence electrons. The topological polar surface area (TPSA) is 64.3 Å². The third kappa shape index (κ3) is 7.20. The van der Waals surface area contributed by atoms with Crippen LogP contribution in [0.5, 0.6) is 0 Å². The normalized spacial score (nSPS) is 17.9. The van der Waals surface area contributed by atoms with Gasteiger partial charge in [-0.3, -0.25) is 14.7 Å². The minimum absolute atomic E-state index is 0. The molecular weight excluding hydrogens is 529 g/mol. The van der Waals surface area contributed by atoms with Gasteiger partial charge in [0.2, 0.25) is 0 Å². The molecule has 1 aromatic heterocycles. The highest BCUT2D eigenvalue weighted by atomic mass is 127. The molecule has 0 aliphatic carbocycles. The predicted molar refractivity (Wildman–Crippen MR) is 142 cm³/mol. The van der Waals surface area contributed by atoms with Gasteiger partial charge in [-0.15, -0.1) is 24.0 Å². The van der Waals surface area contributed by atoms with Crippen LogP contribution in [0.15, 0.2) is 52.1 Å². The number of hydrogen-bond acceptors (Lipinski definition) is 4. The number of nitrogens with one attached hydrogen (secondary N) is 1. The van der Waals surface area contributed by atoms with Crippen molar-refractivity contribution in [3.63, 3.8) is 0 Å². The Hall–Kier alpha value is -2.07. The number of aliphatic imine (C=N–C) groups is 1. The number of halogens is 1. The number of rotatable bonds is 5. The fourth-order valence-electron chi connectivity index (χ4n) is 4.58. The number of carbonyl (C=O) groups is 1. The van der Waals surface area contributed by atoms with Crippen molar-refractivity contribution < 1.29 is 9.21 Å². The Morgan fingerprint density at radius 2 is 1.64 bits per heavy atom. The van der Waals surface area contributed by atoms with E-state index in [0.29, 0.717) is 18.8 Å². The molecule has 0 saturated carbocycles. The van der Waals surface area contributed by atoms with Gasteiger partial charge in [0.25, 0.3) is 5.91 Å². The van der Waals surface area contributed by atoms with Gasteiger partial charge in [0, 0.05) is 46.3 Å². The molecule has 0 spiro atoms. The third-order valence-corrected chi connectivity index (χ3v) is 6.36. The first-order valence-corrected chi connectivity index (χ1v) is 11.8. The predicted octanol–water partition coefficient (Wildman–Crippen LogP) is 3.81. The van der Waals surface area contributed by atoms with Gasteiger partial charge in [-0.1, -0.05) is 37.1 Å². The summed E-state index contributed by atoms with van der Waals surface area (Å²) in [7, 11) is 1.82. The minimum atomic E-state index is -0.0428. The zero-order valence-corrected chi connectivity index (χ0v) is 21.9. The second-order valence-corrected chi connectivity index (χ2v) is 8.67. The number of hydrogen-bond donors (Lipinski definition) is 1. The second kappa shape index (κ2) is 13.0. The van der Waals surface area contributed by atoms with Crippen molar-refractivity contribution in [1.82, 2.24) is 20.0 Å². The van der Waals surface area contributed by atoms with Crippen LogP contribution in [0.3, 0.4) is 0 Å². The number of benzene rings is 1. The molecule has 8 heteroatoms. The number of carbonyl (C=O) groups excluding carboxylic acids is 1. The fraction of sp³-hybridized carbons (Fsp3) is 0.520. The van der Waals surface area contributed by atoms with Crippen molar-refractivity contribution in [2.24, 2.45) is 4.99 Å². The number of piperazine rings is 1. The van der Waals surface area contributed by atoms with E-state index in [9.17, 15) is 4.79 Å². The van der Waals surface area contributed by atoms with E-state index in [-0.39, 0.29) is 29.9 Å². The van der Waals surface area contributed by atoms with Crippen molar-refractivity contribution in [3.8, 4) is 0 Å². The molecule has 2 fully saturated rings. The second-order valence-electron chi connectivity index (χ2n) is 8.67. The van der Waals surface area contributed by atoms with E-state index in [0.717, 1.165) is 32.1 Å². The highest BCUT2D eigenvalue weighted by Gasteiger charge is 2.25. The van der Waals surface area contributed by atoms with Crippen molar-refractivity contribution >= 4 is 35.8 Å². The van der Waals surface area contributed by atoms with E-state index in [2.05, 4.69) is 44.4 Å². The molecule has 0 atom stereocenters. The van der Waals surface area contributed by atoms with E-state index in [1.54, 1.807) is 12.1 Å². The number of guanidine groups is 1. The highest BCUT2D eigenvalue weighted by Crippen LogP contribution is 2.15. The van der Waals surface area contributed by atoms with Gasteiger partial charge in [-0.05, 0) is 49.2 Å². The van der Waals surface area contributed by atoms with Crippen LogP contribution in [0.2, 0.25) is 0 Å². The van der Waals surface area contributed by atoms with Crippen molar-refractivity contribution in [3.05, 3.63) is 59.5 Å². The van der Waals surface area contributed by atoms with E-state index < -0.39 is 0 Å². The van der Waals surface area contributed by atoms with Crippen LogP contribution in [0, 0.1) is 0 Å². The Bertz CT molecular complexity index is 886. The lowest BCUT2D eigenvalue weighted by atomic mass is 10.1. The number of furan rings is 1. The molecule has 33 heavy (non-hydrogen) atoms. The Morgan fingerprint density at radius 3 is 2.30 bits per heavy atom. The van der Waals surface area contributed by atoms with Crippen molar-refractivity contribution in [2.75, 3.05) is 46.3 Å². The number of likely N-dealkylation sites (tertiary alicyclic amines) is 1. The maximum atomic E-state index is 12.5. The first-order chi connectivity index (χ1) is 15.7. The first-order valence-electron chi connectivity index (χ1n) is 11.8. The SMILES string of the molecule is CN=C(NCc1cccc(CN2CCCCCC2)c1)N1CCN(C(=O)c2ccco2)CC1.I. The van der Waals surface area contributed by atoms with Crippen LogP contribution >= 0.6 is 24.0 Å². The molecule has 2 aromatic rings.